The van der Waals surface area contributed by atoms with Crippen molar-refractivity contribution in [3.8, 4) is 11.1 Å². The molecule has 4 nitrogen and oxygen atoms in total. The molecule has 0 spiro atoms. The number of H-pyrrole nitrogens is 1. The maximum Gasteiger partial charge on any atom is 0.309 e. The van der Waals surface area contributed by atoms with Crippen LogP contribution in [0.2, 0.25) is 0 Å². The monoisotopic (exact) mass is 258 g/mol. The summed E-state index contributed by atoms with van der Waals surface area (Å²) in [7, 11) is 0. The molecule has 0 unspecified atom stereocenters. The van der Waals surface area contributed by atoms with Crippen molar-refractivity contribution in [2.45, 2.75) is 26.7 Å². The third kappa shape index (κ3) is 3.44. The highest BCUT2D eigenvalue weighted by atomic mass is 16.4. The van der Waals surface area contributed by atoms with Crippen molar-refractivity contribution in [2.75, 3.05) is 0 Å². The maximum absolute atomic E-state index is 10.8. The van der Waals surface area contributed by atoms with Crippen molar-refractivity contribution >= 4 is 5.97 Å². The van der Waals surface area contributed by atoms with Gasteiger partial charge < -0.3 is 5.11 Å². The predicted molar refractivity (Wildman–Crippen MR) is 73.9 cm³/mol. The van der Waals surface area contributed by atoms with Crippen molar-refractivity contribution < 1.29 is 9.90 Å². The number of benzene rings is 1. The number of nitrogens with zero attached hydrogens (tertiary/aromatic N) is 1. The lowest BCUT2D eigenvalue weighted by Gasteiger charge is -2.06. The Bertz CT molecular complexity index is 556. The van der Waals surface area contributed by atoms with Crippen LogP contribution in [-0.4, -0.2) is 21.3 Å². The van der Waals surface area contributed by atoms with E-state index in [4.69, 9.17) is 5.11 Å². The average Bonchev–Trinajstić information content (AvgIpc) is 2.76. The molecular formula is C15H18N2O2. The summed E-state index contributed by atoms with van der Waals surface area (Å²) in [6.45, 7) is 4.38. The second-order valence-electron chi connectivity index (χ2n) is 5.13. The van der Waals surface area contributed by atoms with Crippen LogP contribution >= 0.6 is 0 Å². The number of carboxylic acid groups (broad SMARTS) is 1. The molecule has 19 heavy (non-hydrogen) atoms. The van der Waals surface area contributed by atoms with Gasteiger partial charge in [0.05, 0.1) is 18.3 Å². The summed E-state index contributed by atoms with van der Waals surface area (Å²) in [5.41, 5.74) is 3.79. The summed E-state index contributed by atoms with van der Waals surface area (Å²) in [4.78, 5) is 10.8. The van der Waals surface area contributed by atoms with Gasteiger partial charge in [-0.3, -0.25) is 9.89 Å². The van der Waals surface area contributed by atoms with E-state index in [1.807, 2.05) is 12.1 Å². The number of nitrogens with one attached hydrogen (secondary N) is 1. The molecule has 0 aliphatic rings. The molecule has 100 valence electrons. The highest BCUT2D eigenvalue weighted by molar-refractivity contribution is 5.75. The molecule has 0 bridgehead atoms. The molecule has 0 atom stereocenters. The summed E-state index contributed by atoms with van der Waals surface area (Å²) in [6.07, 6.45) is 2.69. The number of rotatable bonds is 5. The second-order valence-corrected chi connectivity index (χ2v) is 5.13. The molecule has 4 heteroatoms. The van der Waals surface area contributed by atoms with Crippen LogP contribution in [0.15, 0.2) is 30.5 Å². The predicted octanol–water partition coefficient (Wildman–Crippen LogP) is 2.90. The molecule has 0 radical (unpaired) electrons. The van der Waals surface area contributed by atoms with Crippen molar-refractivity contribution in [3.05, 3.63) is 41.7 Å². The van der Waals surface area contributed by atoms with E-state index in [1.165, 1.54) is 5.56 Å². The third-order valence-electron chi connectivity index (χ3n) is 2.96. The fourth-order valence-electron chi connectivity index (χ4n) is 2.14. The summed E-state index contributed by atoms with van der Waals surface area (Å²) in [5.74, 6) is -0.232. The minimum absolute atomic E-state index is 0.0386. The first kappa shape index (κ1) is 13.3. The first-order valence-electron chi connectivity index (χ1n) is 6.39. The number of carbonyl (C=O) groups is 1. The lowest BCUT2D eigenvalue weighted by Crippen LogP contribution is -2.01. The van der Waals surface area contributed by atoms with Crippen molar-refractivity contribution in [3.63, 3.8) is 0 Å². The minimum Gasteiger partial charge on any atom is -0.481 e. The minimum atomic E-state index is -0.859. The van der Waals surface area contributed by atoms with Crippen LogP contribution in [0.25, 0.3) is 11.1 Å². The lowest BCUT2D eigenvalue weighted by atomic mass is 9.99. The van der Waals surface area contributed by atoms with E-state index in [2.05, 4.69) is 36.2 Å². The molecule has 2 aromatic rings. The smallest absolute Gasteiger partial charge is 0.309 e. The Hall–Kier alpha value is -2.10. The molecule has 1 aromatic heterocycles. The van der Waals surface area contributed by atoms with E-state index in [0.717, 1.165) is 17.5 Å². The Morgan fingerprint density at radius 2 is 2.00 bits per heavy atom. The molecule has 0 saturated carbocycles. The number of aromatic nitrogens is 2. The van der Waals surface area contributed by atoms with Crippen molar-refractivity contribution in [1.82, 2.24) is 10.2 Å². The summed E-state index contributed by atoms with van der Waals surface area (Å²) >= 11 is 0. The van der Waals surface area contributed by atoms with Gasteiger partial charge in [-0.1, -0.05) is 38.1 Å². The first-order valence-corrected chi connectivity index (χ1v) is 6.39. The van der Waals surface area contributed by atoms with Gasteiger partial charge in [-0.05, 0) is 23.5 Å². The molecule has 0 aliphatic heterocycles. The van der Waals surface area contributed by atoms with E-state index in [-0.39, 0.29) is 6.42 Å². The van der Waals surface area contributed by atoms with Gasteiger partial charge in [0.25, 0.3) is 0 Å². The van der Waals surface area contributed by atoms with E-state index in [9.17, 15) is 4.79 Å². The molecule has 0 aliphatic carbocycles. The van der Waals surface area contributed by atoms with Gasteiger partial charge in [0.2, 0.25) is 0 Å². The van der Waals surface area contributed by atoms with Crippen molar-refractivity contribution in [1.29, 1.82) is 0 Å². The van der Waals surface area contributed by atoms with Crippen LogP contribution in [0.4, 0.5) is 0 Å². The molecule has 0 fully saturated rings. The van der Waals surface area contributed by atoms with Crippen LogP contribution in [0.1, 0.15) is 25.1 Å². The van der Waals surface area contributed by atoms with E-state index >= 15 is 0 Å². The molecule has 2 rings (SSSR count). The largest absolute Gasteiger partial charge is 0.481 e. The van der Waals surface area contributed by atoms with Crippen LogP contribution < -0.4 is 0 Å². The van der Waals surface area contributed by atoms with Gasteiger partial charge >= 0.3 is 5.97 Å². The fraction of sp³-hybridized carbons (Fsp3) is 0.333. The fourth-order valence-corrected chi connectivity index (χ4v) is 2.14. The zero-order valence-corrected chi connectivity index (χ0v) is 11.2. The molecule has 0 amide bonds. The Labute approximate surface area is 112 Å². The Morgan fingerprint density at radius 3 is 2.58 bits per heavy atom. The van der Waals surface area contributed by atoms with Crippen molar-refractivity contribution in [2.24, 2.45) is 5.92 Å². The van der Waals surface area contributed by atoms with Gasteiger partial charge in [-0.15, -0.1) is 0 Å². The Kier molecular flexibility index (Phi) is 4.00. The van der Waals surface area contributed by atoms with Gasteiger partial charge in [0.15, 0.2) is 0 Å². The van der Waals surface area contributed by atoms with E-state index in [0.29, 0.717) is 11.6 Å². The third-order valence-corrected chi connectivity index (χ3v) is 2.96. The number of carboxylic acids is 1. The molecule has 0 saturated heterocycles. The van der Waals surface area contributed by atoms with E-state index < -0.39 is 5.97 Å². The SMILES string of the molecule is CC(C)Cc1ccc(-c2cn[nH]c2CC(=O)O)cc1. The zero-order valence-electron chi connectivity index (χ0n) is 11.2. The second kappa shape index (κ2) is 5.69. The summed E-state index contributed by atoms with van der Waals surface area (Å²) in [6, 6.07) is 8.22. The topological polar surface area (TPSA) is 66.0 Å². The number of hydrogen-bond acceptors (Lipinski definition) is 2. The molecule has 1 aromatic carbocycles. The number of aromatic amines is 1. The van der Waals surface area contributed by atoms with Gasteiger partial charge in [-0.25, -0.2) is 0 Å². The highest BCUT2D eigenvalue weighted by Crippen LogP contribution is 2.23. The average molecular weight is 258 g/mol. The highest BCUT2D eigenvalue weighted by Gasteiger charge is 2.11. The maximum atomic E-state index is 10.8. The quantitative estimate of drug-likeness (QED) is 0.866. The van der Waals surface area contributed by atoms with Crippen LogP contribution in [0.5, 0.6) is 0 Å². The first-order chi connectivity index (χ1) is 9.06. The van der Waals surface area contributed by atoms with Gasteiger partial charge in [0, 0.05) is 5.56 Å². The molecular weight excluding hydrogens is 240 g/mol. The van der Waals surface area contributed by atoms with Crippen LogP contribution in [-0.2, 0) is 17.6 Å². The molecule has 2 N–H and O–H groups in total. The normalized spacial score (nSPS) is 10.9. The van der Waals surface area contributed by atoms with Gasteiger partial charge in [0.1, 0.15) is 0 Å². The number of hydrogen-bond donors (Lipinski definition) is 2. The standard InChI is InChI=1S/C15H18N2O2/c1-10(2)7-11-3-5-12(6-4-11)13-9-16-17-14(13)8-15(18)19/h3-6,9-10H,7-8H2,1-2H3,(H,16,17)(H,18,19). The number of aliphatic carboxylic acids is 1. The summed E-state index contributed by atoms with van der Waals surface area (Å²) in [5, 5.41) is 15.5. The lowest BCUT2D eigenvalue weighted by molar-refractivity contribution is -0.136. The van der Waals surface area contributed by atoms with Crippen LogP contribution in [0.3, 0.4) is 0 Å². The van der Waals surface area contributed by atoms with Gasteiger partial charge in [-0.2, -0.15) is 5.10 Å². The summed E-state index contributed by atoms with van der Waals surface area (Å²) < 4.78 is 0. The van der Waals surface area contributed by atoms with Crippen LogP contribution in [0, 0.1) is 5.92 Å². The Balaban J connectivity index is 2.22. The van der Waals surface area contributed by atoms with E-state index in [1.54, 1.807) is 6.20 Å². The molecule has 1 heterocycles. The Morgan fingerprint density at radius 1 is 1.32 bits per heavy atom. The zero-order chi connectivity index (χ0) is 13.8.